The van der Waals surface area contributed by atoms with Gasteiger partial charge in [0, 0.05) is 11.3 Å². The molecule has 18 heavy (non-hydrogen) atoms. The van der Waals surface area contributed by atoms with E-state index in [1.807, 2.05) is 14.0 Å². The van der Waals surface area contributed by atoms with Crippen LogP contribution in [0.5, 0.6) is 0 Å². The molecular formula is C12H21N3OS2. The molecule has 1 saturated carbocycles. The predicted molar refractivity (Wildman–Crippen MR) is 76.2 cm³/mol. The Morgan fingerprint density at radius 1 is 1.56 bits per heavy atom. The van der Waals surface area contributed by atoms with Crippen molar-refractivity contribution in [2.24, 2.45) is 5.92 Å². The number of likely N-dealkylation sites (N-methyl/N-ethyl adjacent to an activating group) is 1. The summed E-state index contributed by atoms with van der Waals surface area (Å²) >= 11 is 3.44. The van der Waals surface area contributed by atoms with Gasteiger partial charge in [-0.25, -0.2) is 0 Å². The smallest absolute Gasteiger partial charge is 0.174 e. The SMILES string of the molecule is CNC1(CO)CCCC1CCSc1nnc(C)s1. The maximum Gasteiger partial charge on any atom is 0.174 e. The van der Waals surface area contributed by atoms with Crippen LogP contribution in [0.25, 0.3) is 0 Å². The molecule has 2 unspecified atom stereocenters. The molecule has 0 aliphatic heterocycles. The second-order valence-electron chi connectivity index (χ2n) is 4.88. The molecular weight excluding hydrogens is 266 g/mol. The summed E-state index contributed by atoms with van der Waals surface area (Å²) in [5, 5.41) is 22.1. The number of aryl methyl sites for hydroxylation is 1. The van der Waals surface area contributed by atoms with E-state index in [4.69, 9.17) is 0 Å². The van der Waals surface area contributed by atoms with Gasteiger partial charge in [0.05, 0.1) is 6.61 Å². The Morgan fingerprint density at radius 2 is 2.39 bits per heavy atom. The Hall–Kier alpha value is -0.170. The van der Waals surface area contributed by atoms with Crippen molar-refractivity contribution in [2.45, 2.75) is 42.5 Å². The maximum atomic E-state index is 9.62. The first-order valence-corrected chi connectivity index (χ1v) is 8.23. The molecule has 1 aromatic rings. The number of rotatable bonds is 6. The van der Waals surface area contributed by atoms with Crippen LogP contribution in [0.2, 0.25) is 0 Å². The van der Waals surface area contributed by atoms with Gasteiger partial charge in [0.1, 0.15) is 5.01 Å². The van der Waals surface area contributed by atoms with E-state index in [0.717, 1.165) is 27.9 Å². The Kier molecular flexibility index (Phi) is 5.00. The lowest BCUT2D eigenvalue weighted by molar-refractivity contribution is 0.130. The summed E-state index contributed by atoms with van der Waals surface area (Å²) in [5.41, 5.74) is -0.0440. The van der Waals surface area contributed by atoms with E-state index in [9.17, 15) is 5.11 Å². The zero-order valence-corrected chi connectivity index (χ0v) is 12.6. The highest BCUT2D eigenvalue weighted by atomic mass is 32.2. The van der Waals surface area contributed by atoms with Crippen molar-refractivity contribution in [3.63, 3.8) is 0 Å². The van der Waals surface area contributed by atoms with Gasteiger partial charge >= 0.3 is 0 Å². The molecule has 0 bridgehead atoms. The third-order valence-electron chi connectivity index (χ3n) is 3.94. The average Bonchev–Trinajstić information content (AvgIpc) is 2.97. The molecule has 6 heteroatoms. The highest BCUT2D eigenvalue weighted by molar-refractivity contribution is 8.01. The predicted octanol–water partition coefficient (Wildman–Crippen LogP) is 2.08. The monoisotopic (exact) mass is 287 g/mol. The van der Waals surface area contributed by atoms with Gasteiger partial charge in [-0.3, -0.25) is 0 Å². The van der Waals surface area contributed by atoms with Crippen molar-refractivity contribution in [2.75, 3.05) is 19.4 Å². The van der Waals surface area contributed by atoms with E-state index in [0.29, 0.717) is 5.92 Å². The summed E-state index contributed by atoms with van der Waals surface area (Å²) in [5.74, 6) is 1.64. The van der Waals surface area contributed by atoms with Gasteiger partial charge in [-0.05, 0) is 39.2 Å². The van der Waals surface area contributed by atoms with Gasteiger partial charge in [-0.2, -0.15) is 0 Å². The number of aliphatic hydroxyl groups excluding tert-OH is 1. The van der Waals surface area contributed by atoms with E-state index in [1.165, 1.54) is 12.8 Å². The van der Waals surface area contributed by atoms with Gasteiger partial charge in [-0.15, -0.1) is 10.2 Å². The van der Waals surface area contributed by atoms with Crippen LogP contribution >= 0.6 is 23.1 Å². The Labute approximate surface area is 117 Å². The van der Waals surface area contributed by atoms with Gasteiger partial charge < -0.3 is 10.4 Å². The number of aromatic nitrogens is 2. The Bertz CT molecular complexity index is 379. The number of hydrogen-bond acceptors (Lipinski definition) is 6. The van der Waals surface area contributed by atoms with E-state index in [-0.39, 0.29) is 12.1 Å². The molecule has 2 atom stereocenters. The second-order valence-corrected chi connectivity index (χ2v) is 7.40. The lowest BCUT2D eigenvalue weighted by atomic mass is 9.86. The van der Waals surface area contributed by atoms with E-state index in [2.05, 4.69) is 15.5 Å². The number of thioether (sulfide) groups is 1. The first-order valence-electron chi connectivity index (χ1n) is 6.43. The minimum absolute atomic E-state index is 0.0440. The summed E-state index contributed by atoms with van der Waals surface area (Å²) in [4.78, 5) is 0. The third-order valence-corrected chi connectivity index (χ3v) is 5.94. The largest absolute Gasteiger partial charge is 0.394 e. The van der Waals surface area contributed by atoms with Gasteiger partial charge in [-0.1, -0.05) is 29.5 Å². The fourth-order valence-electron chi connectivity index (χ4n) is 2.81. The molecule has 0 saturated heterocycles. The molecule has 2 N–H and O–H groups in total. The lowest BCUT2D eigenvalue weighted by Crippen LogP contribution is -2.49. The molecule has 0 radical (unpaired) electrons. The third kappa shape index (κ3) is 3.04. The molecule has 1 aliphatic rings. The van der Waals surface area contributed by atoms with Crippen LogP contribution in [0.3, 0.4) is 0 Å². The molecule has 1 aromatic heterocycles. The first kappa shape index (κ1) is 14.2. The van der Waals surface area contributed by atoms with Crippen LogP contribution in [-0.2, 0) is 0 Å². The van der Waals surface area contributed by atoms with E-state index in [1.54, 1.807) is 23.1 Å². The van der Waals surface area contributed by atoms with Crippen molar-refractivity contribution in [3.8, 4) is 0 Å². The summed E-state index contributed by atoms with van der Waals surface area (Å²) in [7, 11) is 1.97. The van der Waals surface area contributed by atoms with Crippen molar-refractivity contribution >= 4 is 23.1 Å². The number of hydrogen-bond donors (Lipinski definition) is 2. The van der Waals surface area contributed by atoms with Crippen LogP contribution in [0.4, 0.5) is 0 Å². The quantitative estimate of drug-likeness (QED) is 0.785. The van der Waals surface area contributed by atoms with E-state index >= 15 is 0 Å². The zero-order chi connectivity index (χ0) is 13.0. The Balaban J connectivity index is 1.82. The van der Waals surface area contributed by atoms with Crippen molar-refractivity contribution in [3.05, 3.63) is 5.01 Å². The first-order chi connectivity index (χ1) is 8.70. The topological polar surface area (TPSA) is 58.0 Å². The number of nitrogens with zero attached hydrogens (tertiary/aromatic N) is 2. The highest BCUT2D eigenvalue weighted by Crippen LogP contribution is 2.38. The molecule has 0 spiro atoms. The van der Waals surface area contributed by atoms with Crippen molar-refractivity contribution in [1.82, 2.24) is 15.5 Å². The molecule has 0 amide bonds. The molecule has 4 nitrogen and oxygen atoms in total. The standard InChI is InChI=1S/C12H21N3OS2/c1-9-14-15-11(18-9)17-7-5-10-4-3-6-12(10,8-16)13-2/h10,13,16H,3-8H2,1-2H3. The fourth-order valence-corrected chi connectivity index (χ4v) is 4.75. The van der Waals surface area contributed by atoms with E-state index < -0.39 is 0 Å². The van der Waals surface area contributed by atoms with Crippen LogP contribution in [-0.4, -0.2) is 40.3 Å². The summed E-state index contributed by atoms with van der Waals surface area (Å²) in [6.45, 7) is 2.23. The van der Waals surface area contributed by atoms with Crippen molar-refractivity contribution < 1.29 is 5.11 Å². The normalized spacial score (nSPS) is 27.8. The van der Waals surface area contributed by atoms with Gasteiger partial charge in [0.15, 0.2) is 4.34 Å². The van der Waals surface area contributed by atoms with Crippen LogP contribution in [0, 0.1) is 12.8 Å². The van der Waals surface area contributed by atoms with Gasteiger partial charge in [0.25, 0.3) is 0 Å². The molecule has 2 rings (SSSR count). The summed E-state index contributed by atoms with van der Waals surface area (Å²) in [6.07, 6.45) is 4.66. The minimum atomic E-state index is -0.0440. The Morgan fingerprint density at radius 3 is 3.00 bits per heavy atom. The van der Waals surface area contributed by atoms with Gasteiger partial charge in [0.2, 0.25) is 0 Å². The molecule has 1 aliphatic carbocycles. The van der Waals surface area contributed by atoms with Crippen molar-refractivity contribution in [1.29, 1.82) is 0 Å². The van der Waals surface area contributed by atoms with Crippen LogP contribution < -0.4 is 5.32 Å². The summed E-state index contributed by atoms with van der Waals surface area (Å²) < 4.78 is 1.06. The number of aliphatic hydroxyl groups is 1. The lowest BCUT2D eigenvalue weighted by Gasteiger charge is -2.33. The fraction of sp³-hybridized carbons (Fsp3) is 0.833. The molecule has 102 valence electrons. The number of nitrogens with one attached hydrogen (secondary N) is 1. The minimum Gasteiger partial charge on any atom is -0.394 e. The second kappa shape index (κ2) is 6.32. The zero-order valence-electron chi connectivity index (χ0n) is 11.0. The van der Waals surface area contributed by atoms with Crippen LogP contribution in [0.1, 0.15) is 30.7 Å². The maximum absolute atomic E-state index is 9.62. The molecule has 0 aromatic carbocycles. The average molecular weight is 287 g/mol. The summed E-state index contributed by atoms with van der Waals surface area (Å²) in [6, 6.07) is 0. The van der Waals surface area contributed by atoms with Crippen LogP contribution in [0.15, 0.2) is 4.34 Å². The molecule has 1 heterocycles. The highest BCUT2D eigenvalue weighted by Gasteiger charge is 2.40. The molecule has 1 fully saturated rings.